The van der Waals surface area contributed by atoms with Crippen molar-refractivity contribution < 1.29 is 9.53 Å². The van der Waals surface area contributed by atoms with Gasteiger partial charge in [-0.3, -0.25) is 4.79 Å². The zero-order valence-electron chi connectivity index (χ0n) is 17.9. The van der Waals surface area contributed by atoms with Crippen LogP contribution in [0, 0.1) is 6.92 Å². The number of hydrogen-bond donors (Lipinski definition) is 2. The molecule has 1 aliphatic heterocycles. The van der Waals surface area contributed by atoms with Gasteiger partial charge in [0.1, 0.15) is 6.10 Å². The highest BCUT2D eigenvalue weighted by Crippen LogP contribution is 2.25. The smallest absolute Gasteiger partial charge is 0.221 e. The summed E-state index contributed by atoms with van der Waals surface area (Å²) < 4.78 is 6.05. The third-order valence-corrected chi connectivity index (χ3v) is 4.89. The van der Waals surface area contributed by atoms with Gasteiger partial charge < -0.3 is 20.3 Å². The molecule has 0 radical (unpaired) electrons. The number of guanidine groups is 1. The highest BCUT2D eigenvalue weighted by Gasteiger charge is 2.25. The summed E-state index contributed by atoms with van der Waals surface area (Å²) in [5.74, 6) is 0.814. The first kappa shape index (κ1) is 24.1. The largest absolute Gasteiger partial charge is 0.370 e. The predicted molar refractivity (Wildman–Crippen MR) is 132 cm³/mol. The Morgan fingerprint density at radius 3 is 2.77 bits per heavy atom. The Morgan fingerprint density at radius 1 is 1.23 bits per heavy atom. The zero-order chi connectivity index (χ0) is 20.6. The molecule has 0 spiro atoms. The fraction of sp³-hybridized carbons (Fsp3) is 0.391. The zero-order valence-corrected chi connectivity index (χ0v) is 20.2. The maximum absolute atomic E-state index is 11.3. The van der Waals surface area contributed by atoms with Crippen molar-refractivity contribution in [2.45, 2.75) is 33.4 Å². The Morgan fingerprint density at radius 2 is 2.03 bits per heavy atom. The Hall–Kier alpha value is -2.13. The lowest BCUT2D eigenvalue weighted by Gasteiger charge is -2.35. The number of anilines is 1. The minimum absolute atomic E-state index is 0. The first-order chi connectivity index (χ1) is 14.1. The molecule has 0 aromatic heterocycles. The van der Waals surface area contributed by atoms with Crippen LogP contribution in [-0.2, 0) is 16.1 Å². The van der Waals surface area contributed by atoms with Crippen molar-refractivity contribution >= 4 is 41.5 Å². The van der Waals surface area contributed by atoms with Gasteiger partial charge in [-0.2, -0.15) is 0 Å². The van der Waals surface area contributed by atoms with Gasteiger partial charge >= 0.3 is 0 Å². The van der Waals surface area contributed by atoms with Gasteiger partial charge in [0.05, 0.1) is 19.7 Å². The average molecular weight is 522 g/mol. The molecular formula is C23H31IN4O2. The Kier molecular flexibility index (Phi) is 9.58. The van der Waals surface area contributed by atoms with Crippen LogP contribution in [0.3, 0.4) is 0 Å². The lowest BCUT2D eigenvalue weighted by molar-refractivity contribution is -0.114. The third kappa shape index (κ3) is 6.70. The van der Waals surface area contributed by atoms with E-state index in [1.807, 2.05) is 24.3 Å². The van der Waals surface area contributed by atoms with Crippen molar-refractivity contribution in [3.05, 3.63) is 65.2 Å². The topological polar surface area (TPSA) is 66.0 Å². The molecule has 1 saturated heterocycles. The van der Waals surface area contributed by atoms with E-state index < -0.39 is 0 Å². The summed E-state index contributed by atoms with van der Waals surface area (Å²) in [7, 11) is 0. The van der Waals surface area contributed by atoms with E-state index in [0.29, 0.717) is 13.2 Å². The van der Waals surface area contributed by atoms with Crippen LogP contribution in [0.2, 0.25) is 0 Å². The molecule has 0 saturated carbocycles. The number of carbonyl (C=O) groups excluding carboxylic acids is 1. The van der Waals surface area contributed by atoms with Gasteiger partial charge in [-0.1, -0.05) is 36.4 Å². The molecule has 1 heterocycles. The molecule has 1 fully saturated rings. The van der Waals surface area contributed by atoms with Crippen molar-refractivity contribution in [3.63, 3.8) is 0 Å². The number of halogens is 1. The minimum Gasteiger partial charge on any atom is -0.370 e. The van der Waals surface area contributed by atoms with Crippen molar-refractivity contribution in [2.75, 3.05) is 31.6 Å². The second-order valence-electron chi connectivity index (χ2n) is 7.21. The summed E-state index contributed by atoms with van der Waals surface area (Å²) in [4.78, 5) is 18.4. The highest BCUT2D eigenvalue weighted by atomic mass is 127. The number of aryl methyl sites for hydroxylation is 1. The summed E-state index contributed by atoms with van der Waals surface area (Å²) in [6, 6.07) is 16.2. The maximum atomic E-state index is 11.3. The molecule has 3 rings (SSSR count). The van der Waals surface area contributed by atoms with Crippen molar-refractivity contribution in [2.24, 2.45) is 4.99 Å². The Balaban J connectivity index is 0.00000320. The van der Waals surface area contributed by atoms with Crippen molar-refractivity contribution in [1.29, 1.82) is 0 Å². The van der Waals surface area contributed by atoms with Gasteiger partial charge in [-0.15, -0.1) is 24.0 Å². The number of nitrogens with zero attached hydrogens (tertiary/aromatic N) is 2. The minimum atomic E-state index is -0.0745. The molecule has 1 aliphatic rings. The fourth-order valence-corrected chi connectivity index (χ4v) is 3.52. The van der Waals surface area contributed by atoms with Crippen LogP contribution in [0.1, 0.15) is 36.6 Å². The van der Waals surface area contributed by atoms with Crippen LogP contribution >= 0.6 is 24.0 Å². The second kappa shape index (κ2) is 11.9. The molecule has 7 heteroatoms. The monoisotopic (exact) mass is 522 g/mol. The standard InChI is InChI=1S/C23H30N4O2.HI/c1-4-24-23(25-15-19-9-7-10-20(14-19)26-18(3)28)27-12-13-29-22(16-27)21-11-6-5-8-17(21)2;/h5-11,14,22H,4,12-13,15-16H2,1-3H3,(H,24,25)(H,26,28);1H. The van der Waals surface area contributed by atoms with Crippen LogP contribution in [0.4, 0.5) is 5.69 Å². The fourth-order valence-electron chi connectivity index (χ4n) is 3.52. The molecule has 2 aromatic carbocycles. The summed E-state index contributed by atoms with van der Waals surface area (Å²) in [5, 5.41) is 6.23. The molecule has 162 valence electrons. The Bertz CT molecular complexity index is 872. The number of morpholine rings is 1. The van der Waals surface area contributed by atoms with Crippen LogP contribution < -0.4 is 10.6 Å². The molecule has 0 aliphatic carbocycles. The summed E-state index contributed by atoms with van der Waals surface area (Å²) in [6.45, 7) is 9.30. The number of ether oxygens (including phenoxy) is 1. The number of amides is 1. The first-order valence-corrected chi connectivity index (χ1v) is 10.1. The van der Waals surface area contributed by atoms with Gasteiger partial charge in [-0.05, 0) is 42.7 Å². The van der Waals surface area contributed by atoms with E-state index in [0.717, 1.165) is 36.8 Å². The number of benzene rings is 2. The molecule has 2 aromatic rings. The maximum Gasteiger partial charge on any atom is 0.221 e. The van der Waals surface area contributed by atoms with E-state index in [1.54, 1.807) is 0 Å². The van der Waals surface area contributed by atoms with Crippen molar-refractivity contribution in [3.8, 4) is 0 Å². The van der Waals surface area contributed by atoms with Gasteiger partial charge in [0.15, 0.2) is 5.96 Å². The molecule has 0 bridgehead atoms. The van der Waals surface area contributed by atoms with Crippen LogP contribution in [-0.4, -0.2) is 43.0 Å². The van der Waals surface area contributed by atoms with Gasteiger partial charge in [0, 0.05) is 25.7 Å². The lowest BCUT2D eigenvalue weighted by Crippen LogP contribution is -2.48. The molecular weight excluding hydrogens is 491 g/mol. The predicted octanol–water partition coefficient (Wildman–Crippen LogP) is 4.11. The third-order valence-electron chi connectivity index (χ3n) is 4.89. The van der Waals surface area contributed by atoms with Gasteiger partial charge in [-0.25, -0.2) is 4.99 Å². The molecule has 1 amide bonds. The van der Waals surface area contributed by atoms with Crippen molar-refractivity contribution in [1.82, 2.24) is 10.2 Å². The quantitative estimate of drug-likeness (QED) is 0.353. The number of hydrogen-bond acceptors (Lipinski definition) is 3. The number of carbonyl (C=O) groups is 1. The lowest BCUT2D eigenvalue weighted by atomic mass is 10.0. The van der Waals surface area contributed by atoms with Crippen LogP contribution in [0.25, 0.3) is 0 Å². The Labute approximate surface area is 196 Å². The summed E-state index contributed by atoms with van der Waals surface area (Å²) in [6.07, 6.45) is 0.0388. The van der Waals surface area contributed by atoms with Crippen LogP contribution in [0.5, 0.6) is 0 Å². The van der Waals surface area contributed by atoms with Gasteiger partial charge in [0.25, 0.3) is 0 Å². The van der Waals surface area contributed by atoms with E-state index in [2.05, 4.69) is 53.6 Å². The molecule has 1 atom stereocenters. The number of rotatable bonds is 5. The normalized spacial score (nSPS) is 16.6. The van der Waals surface area contributed by atoms with E-state index >= 15 is 0 Å². The van der Waals surface area contributed by atoms with Gasteiger partial charge in [0.2, 0.25) is 5.91 Å². The highest BCUT2D eigenvalue weighted by molar-refractivity contribution is 14.0. The number of nitrogens with one attached hydrogen (secondary N) is 2. The van der Waals surface area contributed by atoms with E-state index in [1.165, 1.54) is 18.1 Å². The second-order valence-corrected chi connectivity index (χ2v) is 7.21. The molecule has 6 nitrogen and oxygen atoms in total. The number of aliphatic imine (C=N–C) groups is 1. The molecule has 1 unspecified atom stereocenters. The van der Waals surface area contributed by atoms with Crippen LogP contribution in [0.15, 0.2) is 53.5 Å². The summed E-state index contributed by atoms with van der Waals surface area (Å²) >= 11 is 0. The van der Waals surface area contributed by atoms with E-state index in [4.69, 9.17) is 9.73 Å². The molecule has 2 N–H and O–H groups in total. The van der Waals surface area contributed by atoms with E-state index in [9.17, 15) is 4.79 Å². The molecule has 30 heavy (non-hydrogen) atoms. The first-order valence-electron chi connectivity index (χ1n) is 10.1. The van der Waals surface area contributed by atoms with E-state index in [-0.39, 0.29) is 36.0 Å². The average Bonchev–Trinajstić information content (AvgIpc) is 2.71. The SMILES string of the molecule is CCNC(=NCc1cccc(NC(C)=O)c1)N1CCOC(c2ccccc2C)C1.I. The summed E-state index contributed by atoms with van der Waals surface area (Å²) in [5.41, 5.74) is 4.32.